The summed E-state index contributed by atoms with van der Waals surface area (Å²) in [5.41, 5.74) is -0.703. The van der Waals surface area contributed by atoms with E-state index in [1.165, 1.54) is 19.2 Å². The van der Waals surface area contributed by atoms with Gasteiger partial charge in [0.1, 0.15) is 5.82 Å². The Morgan fingerprint density at radius 1 is 1.26 bits per heavy atom. The van der Waals surface area contributed by atoms with Crippen LogP contribution in [-0.4, -0.2) is 29.1 Å². The molecule has 1 aromatic rings. The molecule has 1 aliphatic heterocycles. The number of hydrogen-bond donors (Lipinski definition) is 0. The first-order chi connectivity index (χ1) is 8.64. The molecule has 0 unspecified atom stereocenters. The smallest absolute Gasteiger partial charge is 0.398 e. The molecule has 19 heavy (non-hydrogen) atoms. The van der Waals surface area contributed by atoms with Gasteiger partial charge in [0.15, 0.2) is 5.78 Å². The van der Waals surface area contributed by atoms with E-state index in [9.17, 15) is 9.18 Å². The van der Waals surface area contributed by atoms with Crippen molar-refractivity contribution in [2.45, 2.75) is 45.8 Å². The van der Waals surface area contributed by atoms with Gasteiger partial charge in [-0.25, -0.2) is 4.39 Å². The molecule has 1 aliphatic rings. The summed E-state index contributed by atoms with van der Waals surface area (Å²) in [5, 5.41) is 0. The Morgan fingerprint density at radius 2 is 1.79 bits per heavy atom. The Kier molecular flexibility index (Phi) is 3.27. The summed E-state index contributed by atoms with van der Waals surface area (Å²) in [6.07, 6.45) is 1.22. The van der Waals surface area contributed by atoms with Gasteiger partial charge in [0.2, 0.25) is 0 Å². The summed E-state index contributed by atoms with van der Waals surface area (Å²) >= 11 is 0. The van der Waals surface area contributed by atoms with Crippen LogP contribution in [0.1, 0.15) is 45.0 Å². The lowest BCUT2D eigenvalue weighted by atomic mass is 9.84. The van der Waals surface area contributed by atoms with E-state index in [0.717, 1.165) is 0 Å². The molecule has 1 fully saturated rings. The van der Waals surface area contributed by atoms with Gasteiger partial charge in [0, 0.05) is 6.20 Å². The van der Waals surface area contributed by atoms with Crippen molar-refractivity contribution in [1.29, 1.82) is 0 Å². The molecule has 0 N–H and O–H groups in total. The zero-order valence-electron chi connectivity index (χ0n) is 11.8. The molecule has 1 saturated heterocycles. The maximum atomic E-state index is 13.8. The van der Waals surface area contributed by atoms with Crippen LogP contribution in [0.2, 0.25) is 0 Å². The predicted molar refractivity (Wildman–Crippen MR) is 69.9 cm³/mol. The minimum atomic E-state index is -0.722. The standard InChI is InChI=1S/C13H17BFNO3/c1-8(17)9-7-16-11(6-10(9)15)14-18-12(2,3)13(4,5)19-14/h6-7H,1-5H3. The van der Waals surface area contributed by atoms with E-state index in [4.69, 9.17) is 9.31 Å². The molecule has 2 heterocycles. The Balaban J connectivity index is 2.31. The zero-order chi connectivity index (χ0) is 14.4. The van der Waals surface area contributed by atoms with Gasteiger partial charge in [-0.15, -0.1) is 0 Å². The Bertz CT molecular complexity index is 515. The maximum absolute atomic E-state index is 13.8. The summed E-state index contributed by atoms with van der Waals surface area (Å²) < 4.78 is 25.3. The number of rotatable bonds is 2. The van der Waals surface area contributed by atoms with Crippen molar-refractivity contribution in [3.8, 4) is 0 Å². The van der Waals surface area contributed by atoms with E-state index >= 15 is 0 Å². The topological polar surface area (TPSA) is 48.4 Å². The number of pyridine rings is 1. The third-order valence-electron chi connectivity index (χ3n) is 3.75. The Morgan fingerprint density at radius 3 is 2.21 bits per heavy atom. The molecule has 0 atom stereocenters. The first-order valence-corrected chi connectivity index (χ1v) is 6.16. The maximum Gasteiger partial charge on any atom is 0.514 e. The second-order valence-electron chi connectivity index (χ2n) is 5.73. The quantitative estimate of drug-likeness (QED) is 0.603. The fourth-order valence-electron chi connectivity index (χ4n) is 1.80. The highest BCUT2D eigenvalue weighted by Crippen LogP contribution is 2.36. The van der Waals surface area contributed by atoms with Crippen molar-refractivity contribution in [1.82, 2.24) is 4.98 Å². The van der Waals surface area contributed by atoms with Crippen LogP contribution in [-0.2, 0) is 9.31 Å². The first kappa shape index (κ1) is 14.2. The fourth-order valence-corrected chi connectivity index (χ4v) is 1.80. The first-order valence-electron chi connectivity index (χ1n) is 6.16. The minimum Gasteiger partial charge on any atom is -0.398 e. The van der Waals surface area contributed by atoms with Crippen LogP contribution in [0.15, 0.2) is 12.3 Å². The predicted octanol–water partition coefficient (Wildman–Crippen LogP) is 1.72. The van der Waals surface area contributed by atoms with E-state index < -0.39 is 24.1 Å². The average molecular weight is 265 g/mol. The largest absolute Gasteiger partial charge is 0.514 e. The molecule has 0 spiro atoms. The van der Waals surface area contributed by atoms with Crippen molar-refractivity contribution in [2.24, 2.45) is 0 Å². The summed E-state index contributed by atoms with van der Waals surface area (Å²) in [7, 11) is -0.722. The van der Waals surface area contributed by atoms with Crippen LogP contribution in [0.4, 0.5) is 4.39 Å². The molecular formula is C13H17BFNO3. The van der Waals surface area contributed by atoms with Crippen molar-refractivity contribution in [3.63, 3.8) is 0 Å². The number of ketones is 1. The number of aromatic nitrogens is 1. The molecule has 1 aromatic heterocycles. The van der Waals surface area contributed by atoms with Crippen LogP contribution in [0.5, 0.6) is 0 Å². The van der Waals surface area contributed by atoms with Crippen molar-refractivity contribution in [2.75, 3.05) is 0 Å². The van der Waals surface area contributed by atoms with E-state index in [2.05, 4.69) is 4.98 Å². The van der Waals surface area contributed by atoms with Gasteiger partial charge in [0.05, 0.1) is 22.4 Å². The molecule has 4 nitrogen and oxygen atoms in total. The van der Waals surface area contributed by atoms with Gasteiger partial charge in [-0.2, -0.15) is 0 Å². The van der Waals surface area contributed by atoms with Crippen molar-refractivity contribution >= 4 is 18.5 Å². The normalized spacial score (nSPS) is 20.6. The van der Waals surface area contributed by atoms with Gasteiger partial charge in [-0.05, 0) is 40.7 Å². The molecule has 0 saturated carbocycles. The molecule has 0 bridgehead atoms. The number of nitrogens with zero attached hydrogens (tertiary/aromatic N) is 1. The molecule has 0 aliphatic carbocycles. The summed E-state index contributed by atoms with van der Waals surface area (Å²) in [5.74, 6) is -0.960. The molecule has 0 amide bonds. The molecule has 0 radical (unpaired) electrons. The van der Waals surface area contributed by atoms with E-state index in [1.807, 2.05) is 27.7 Å². The molecular weight excluding hydrogens is 248 g/mol. The molecule has 2 rings (SSSR count). The highest BCUT2D eigenvalue weighted by molar-refractivity contribution is 6.61. The second kappa shape index (κ2) is 4.39. The van der Waals surface area contributed by atoms with Crippen molar-refractivity contribution < 1.29 is 18.5 Å². The molecule has 6 heteroatoms. The average Bonchev–Trinajstić information content (AvgIpc) is 2.47. The van der Waals surface area contributed by atoms with E-state index in [0.29, 0.717) is 5.59 Å². The lowest BCUT2D eigenvalue weighted by Crippen LogP contribution is -2.41. The molecule has 0 aromatic carbocycles. The van der Waals surface area contributed by atoms with Gasteiger partial charge in [0.25, 0.3) is 0 Å². The van der Waals surface area contributed by atoms with Gasteiger partial charge < -0.3 is 9.31 Å². The van der Waals surface area contributed by atoms with Crippen LogP contribution >= 0.6 is 0 Å². The highest BCUT2D eigenvalue weighted by atomic mass is 19.1. The third-order valence-corrected chi connectivity index (χ3v) is 3.75. The van der Waals surface area contributed by atoms with Gasteiger partial charge >= 0.3 is 7.12 Å². The van der Waals surface area contributed by atoms with Crippen LogP contribution in [0, 0.1) is 5.82 Å². The van der Waals surface area contributed by atoms with E-state index in [-0.39, 0.29) is 11.3 Å². The monoisotopic (exact) mass is 265 g/mol. The van der Waals surface area contributed by atoms with E-state index in [1.54, 1.807) is 0 Å². The minimum absolute atomic E-state index is 0.0275. The third kappa shape index (κ3) is 2.42. The number of halogens is 1. The Hall–Kier alpha value is -1.27. The summed E-state index contributed by atoms with van der Waals surface area (Å²) in [6, 6.07) is 1.19. The van der Waals surface area contributed by atoms with Crippen LogP contribution < -0.4 is 5.59 Å². The highest BCUT2D eigenvalue weighted by Gasteiger charge is 2.52. The van der Waals surface area contributed by atoms with Crippen molar-refractivity contribution in [3.05, 3.63) is 23.6 Å². The second-order valence-corrected chi connectivity index (χ2v) is 5.73. The van der Waals surface area contributed by atoms with Gasteiger partial charge in [-0.1, -0.05) is 0 Å². The summed E-state index contributed by atoms with van der Waals surface area (Å²) in [6.45, 7) is 8.94. The SMILES string of the molecule is CC(=O)c1cnc(B2OC(C)(C)C(C)(C)O2)cc1F. The van der Waals surface area contributed by atoms with Gasteiger partial charge in [-0.3, -0.25) is 9.78 Å². The summed E-state index contributed by atoms with van der Waals surface area (Å²) in [4.78, 5) is 15.2. The lowest BCUT2D eigenvalue weighted by Gasteiger charge is -2.32. The number of carbonyl (C=O) groups is 1. The number of Topliss-reactive ketones (excluding diaryl/α,β-unsaturated/α-hetero) is 1. The lowest BCUT2D eigenvalue weighted by molar-refractivity contribution is 0.00578. The number of carbonyl (C=O) groups excluding carboxylic acids is 1. The van der Waals surface area contributed by atoms with Crippen LogP contribution in [0.25, 0.3) is 0 Å². The fraction of sp³-hybridized carbons (Fsp3) is 0.538. The number of hydrogen-bond acceptors (Lipinski definition) is 4. The zero-order valence-corrected chi connectivity index (χ0v) is 11.8. The Labute approximate surface area is 112 Å². The van der Waals surface area contributed by atoms with Crippen LogP contribution in [0.3, 0.4) is 0 Å². The molecule has 102 valence electrons.